The van der Waals surface area contributed by atoms with Crippen LogP contribution in [0.2, 0.25) is 5.02 Å². The zero-order valence-electron chi connectivity index (χ0n) is 11.6. The predicted octanol–water partition coefficient (Wildman–Crippen LogP) is 4.30. The molecule has 0 radical (unpaired) electrons. The third kappa shape index (κ3) is 4.51. The zero-order chi connectivity index (χ0) is 14.4. The number of thiophene rings is 1. The Bertz CT molecular complexity index is 527. The Morgan fingerprint density at radius 2 is 2.15 bits per heavy atom. The van der Waals surface area contributed by atoms with Crippen molar-refractivity contribution in [1.29, 1.82) is 0 Å². The Labute approximate surface area is 129 Å². The van der Waals surface area contributed by atoms with E-state index in [4.69, 9.17) is 22.1 Å². The zero-order valence-corrected chi connectivity index (χ0v) is 13.2. The molecule has 4 heteroatoms. The predicted molar refractivity (Wildman–Crippen MR) is 86.9 cm³/mol. The van der Waals surface area contributed by atoms with E-state index in [1.807, 2.05) is 18.2 Å². The lowest BCUT2D eigenvalue weighted by molar-refractivity contribution is 0.322. The Morgan fingerprint density at radius 3 is 2.80 bits per heavy atom. The van der Waals surface area contributed by atoms with Crippen molar-refractivity contribution < 1.29 is 4.74 Å². The molecule has 0 bridgehead atoms. The summed E-state index contributed by atoms with van der Waals surface area (Å²) in [4.78, 5) is 0. The van der Waals surface area contributed by atoms with Crippen molar-refractivity contribution in [2.75, 3.05) is 6.61 Å². The first-order valence-electron chi connectivity index (χ1n) is 6.87. The van der Waals surface area contributed by atoms with E-state index in [1.54, 1.807) is 11.3 Å². The van der Waals surface area contributed by atoms with Crippen LogP contribution in [-0.2, 0) is 12.8 Å². The van der Waals surface area contributed by atoms with Crippen LogP contribution in [0.3, 0.4) is 0 Å². The second kappa shape index (κ2) is 7.67. The van der Waals surface area contributed by atoms with Crippen molar-refractivity contribution in [3.63, 3.8) is 0 Å². The van der Waals surface area contributed by atoms with E-state index in [0.717, 1.165) is 30.6 Å². The number of nitrogens with two attached hydrogens (primary N) is 1. The highest BCUT2D eigenvalue weighted by molar-refractivity contribution is 7.07. The first-order valence-corrected chi connectivity index (χ1v) is 8.19. The van der Waals surface area contributed by atoms with Gasteiger partial charge >= 0.3 is 0 Å². The van der Waals surface area contributed by atoms with E-state index < -0.39 is 0 Å². The van der Waals surface area contributed by atoms with Gasteiger partial charge in [0.05, 0.1) is 11.6 Å². The van der Waals surface area contributed by atoms with Gasteiger partial charge in [-0.2, -0.15) is 11.3 Å². The van der Waals surface area contributed by atoms with Crippen molar-refractivity contribution in [2.45, 2.75) is 32.2 Å². The fourth-order valence-electron chi connectivity index (χ4n) is 1.95. The summed E-state index contributed by atoms with van der Waals surface area (Å²) in [5.74, 6) is 0.746. The van der Waals surface area contributed by atoms with Crippen molar-refractivity contribution in [2.24, 2.45) is 5.73 Å². The van der Waals surface area contributed by atoms with Gasteiger partial charge in [-0.25, -0.2) is 0 Å². The molecule has 0 saturated carbocycles. The SMILES string of the molecule is CCC(N)Cc1ccc(OCCc2ccsc2)c(Cl)c1. The lowest BCUT2D eigenvalue weighted by atomic mass is 10.0. The molecule has 20 heavy (non-hydrogen) atoms. The fraction of sp³-hybridized carbons (Fsp3) is 0.375. The summed E-state index contributed by atoms with van der Waals surface area (Å²) in [6.07, 6.45) is 2.73. The Balaban J connectivity index is 1.88. The van der Waals surface area contributed by atoms with Crippen LogP contribution >= 0.6 is 22.9 Å². The van der Waals surface area contributed by atoms with E-state index in [2.05, 4.69) is 23.8 Å². The highest BCUT2D eigenvalue weighted by Gasteiger charge is 2.06. The lowest BCUT2D eigenvalue weighted by Gasteiger charge is -2.11. The van der Waals surface area contributed by atoms with Crippen molar-refractivity contribution in [3.05, 3.63) is 51.2 Å². The summed E-state index contributed by atoms with van der Waals surface area (Å²) in [6.45, 7) is 2.73. The molecule has 108 valence electrons. The standard InChI is InChI=1S/C16H20ClNOS/c1-2-14(18)9-13-3-4-16(15(17)10-13)19-7-5-12-6-8-20-11-12/h3-4,6,8,10-11,14H,2,5,7,9,18H2,1H3. The third-order valence-corrected chi connectivity index (χ3v) is 4.27. The summed E-state index contributed by atoms with van der Waals surface area (Å²) < 4.78 is 5.74. The van der Waals surface area contributed by atoms with Crippen molar-refractivity contribution >= 4 is 22.9 Å². The molecule has 0 aliphatic rings. The molecule has 0 aliphatic carbocycles. The number of benzene rings is 1. The topological polar surface area (TPSA) is 35.2 Å². The van der Waals surface area contributed by atoms with Gasteiger partial charge in [-0.3, -0.25) is 0 Å². The van der Waals surface area contributed by atoms with Gasteiger partial charge in [0.2, 0.25) is 0 Å². The van der Waals surface area contributed by atoms with E-state index in [0.29, 0.717) is 11.6 Å². The Morgan fingerprint density at radius 1 is 1.30 bits per heavy atom. The average Bonchev–Trinajstić information content (AvgIpc) is 2.94. The van der Waals surface area contributed by atoms with Crippen LogP contribution in [0.1, 0.15) is 24.5 Å². The van der Waals surface area contributed by atoms with Crippen LogP contribution in [0.25, 0.3) is 0 Å². The van der Waals surface area contributed by atoms with Gasteiger partial charge in [-0.15, -0.1) is 0 Å². The number of rotatable bonds is 7. The second-order valence-electron chi connectivity index (χ2n) is 4.87. The molecule has 1 atom stereocenters. The Kier molecular flexibility index (Phi) is 5.89. The van der Waals surface area contributed by atoms with Crippen molar-refractivity contribution in [1.82, 2.24) is 0 Å². The monoisotopic (exact) mass is 309 g/mol. The van der Waals surface area contributed by atoms with Gasteiger partial charge in [0.15, 0.2) is 0 Å². The fourth-order valence-corrected chi connectivity index (χ4v) is 2.91. The van der Waals surface area contributed by atoms with Crippen LogP contribution in [-0.4, -0.2) is 12.6 Å². The van der Waals surface area contributed by atoms with E-state index in [-0.39, 0.29) is 6.04 Å². The minimum absolute atomic E-state index is 0.191. The lowest BCUT2D eigenvalue weighted by Crippen LogP contribution is -2.21. The average molecular weight is 310 g/mol. The maximum absolute atomic E-state index is 6.25. The molecular formula is C16H20ClNOS. The van der Waals surface area contributed by atoms with Gasteiger partial charge in [0.1, 0.15) is 5.75 Å². The molecule has 0 aliphatic heterocycles. The summed E-state index contributed by atoms with van der Waals surface area (Å²) in [5.41, 5.74) is 8.42. The first kappa shape index (κ1) is 15.4. The van der Waals surface area contributed by atoms with Gasteiger partial charge in [0.25, 0.3) is 0 Å². The molecule has 1 unspecified atom stereocenters. The number of ether oxygens (including phenoxy) is 1. The molecule has 2 aromatic rings. The number of hydrogen-bond donors (Lipinski definition) is 1. The van der Waals surface area contributed by atoms with Crippen molar-refractivity contribution in [3.8, 4) is 5.75 Å². The molecule has 1 aromatic heterocycles. The second-order valence-corrected chi connectivity index (χ2v) is 6.05. The quantitative estimate of drug-likeness (QED) is 0.827. The molecule has 2 N–H and O–H groups in total. The summed E-state index contributed by atoms with van der Waals surface area (Å²) in [5, 5.41) is 4.88. The maximum Gasteiger partial charge on any atom is 0.137 e. The maximum atomic E-state index is 6.25. The highest BCUT2D eigenvalue weighted by atomic mass is 35.5. The number of halogens is 1. The minimum atomic E-state index is 0.191. The summed E-state index contributed by atoms with van der Waals surface area (Å²) >= 11 is 7.96. The molecule has 2 rings (SSSR count). The van der Waals surface area contributed by atoms with Gasteiger partial charge < -0.3 is 10.5 Å². The molecule has 1 heterocycles. The Hall–Kier alpha value is -1.03. The largest absolute Gasteiger partial charge is 0.492 e. The normalized spacial score (nSPS) is 12.3. The molecule has 2 nitrogen and oxygen atoms in total. The molecular weight excluding hydrogens is 290 g/mol. The molecule has 0 saturated heterocycles. The first-order chi connectivity index (χ1) is 9.69. The summed E-state index contributed by atoms with van der Waals surface area (Å²) in [6, 6.07) is 8.24. The van der Waals surface area contributed by atoms with Gasteiger partial charge in [-0.1, -0.05) is 24.6 Å². The minimum Gasteiger partial charge on any atom is -0.492 e. The molecule has 1 aromatic carbocycles. The molecule has 0 fully saturated rings. The number of hydrogen-bond acceptors (Lipinski definition) is 3. The van der Waals surface area contributed by atoms with E-state index in [9.17, 15) is 0 Å². The van der Waals surface area contributed by atoms with Crippen LogP contribution in [0.15, 0.2) is 35.0 Å². The van der Waals surface area contributed by atoms with Gasteiger partial charge in [-0.05, 0) is 52.9 Å². The molecule has 0 spiro atoms. The van der Waals surface area contributed by atoms with Crippen LogP contribution < -0.4 is 10.5 Å². The van der Waals surface area contributed by atoms with E-state index >= 15 is 0 Å². The van der Waals surface area contributed by atoms with Crippen LogP contribution in [0, 0.1) is 0 Å². The van der Waals surface area contributed by atoms with E-state index in [1.165, 1.54) is 5.56 Å². The smallest absolute Gasteiger partial charge is 0.137 e. The summed E-state index contributed by atoms with van der Waals surface area (Å²) in [7, 11) is 0. The third-order valence-electron chi connectivity index (χ3n) is 3.25. The van der Waals surface area contributed by atoms with Crippen LogP contribution in [0.4, 0.5) is 0 Å². The van der Waals surface area contributed by atoms with Gasteiger partial charge in [0, 0.05) is 12.5 Å². The molecule has 0 amide bonds. The highest BCUT2D eigenvalue weighted by Crippen LogP contribution is 2.26. The van der Waals surface area contributed by atoms with Crippen LogP contribution in [0.5, 0.6) is 5.75 Å².